The Kier molecular flexibility index (Phi) is 4.59. The zero-order chi connectivity index (χ0) is 15.4. The lowest BCUT2D eigenvalue weighted by Gasteiger charge is -2.05. The molecular formula is C18H21NO3. The molecule has 1 aliphatic carbocycles. The maximum absolute atomic E-state index is 11.7. The molecule has 1 aliphatic rings. The summed E-state index contributed by atoms with van der Waals surface area (Å²) in [6, 6.07) is 13.7. The highest BCUT2D eigenvalue weighted by Gasteiger charge is 2.36. The lowest BCUT2D eigenvalue weighted by Crippen LogP contribution is -2.23. The lowest BCUT2D eigenvalue weighted by atomic mass is 10.2. The highest BCUT2D eigenvalue weighted by molar-refractivity contribution is 5.74. The van der Waals surface area contributed by atoms with Gasteiger partial charge in [-0.25, -0.2) is 5.48 Å². The summed E-state index contributed by atoms with van der Waals surface area (Å²) >= 11 is 0. The van der Waals surface area contributed by atoms with E-state index in [9.17, 15) is 4.79 Å². The molecule has 2 atom stereocenters. The second-order valence-electron chi connectivity index (χ2n) is 5.92. The van der Waals surface area contributed by atoms with Crippen LogP contribution in [0.1, 0.15) is 42.8 Å². The van der Waals surface area contributed by atoms with E-state index in [4.69, 9.17) is 9.25 Å². The van der Waals surface area contributed by atoms with E-state index in [-0.39, 0.29) is 5.91 Å². The fourth-order valence-corrected chi connectivity index (χ4v) is 2.51. The number of nitrogens with one attached hydrogen (secondary N) is 1. The third-order valence-electron chi connectivity index (χ3n) is 4.02. The minimum absolute atomic E-state index is 0.131. The van der Waals surface area contributed by atoms with Gasteiger partial charge in [0.1, 0.15) is 11.5 Å². The minimum atomic E-state index is -0.131. The van der Waals surface area contributed by atoms with E-state index in [2.05, 4.69) is 12.4 Å². The smallest absolute Gasteiger partial charge is 0.243 e. The number of hydroxylamine groups is 1. The first-order valence-electron chi connectivity index (χ1n) is 7.75. The van der Waals surface area contributed by atoms with Gasteiger partial charge in [-0.15, -0.1) is 0 Å². The summed E-state index contributed by atoms with van der Waals surface area (Å²) < 4.78 is 5.78. The number of aryl methyl sites for hydroxylation is 1. The molecule has 4 heteroatoms. The van der Waals surface area contributed by atoms with E-state index >= 15 is 0 Å². The molecule has 1 aromatic carbocycles. The molecule has 3 rings (SSSR count). The molecule has 22 heavy (non-hydrogen) atoms. The largest absolute Gasteiger partial charge is 0.466 e. The Hall–Kier alpha value is -2.07. The molecule has 0 aliphatic heterocycles. The first kappa shape index (κ1) is 14.9. The fourth-order valence-electron chi connectivity index (χ4n) is 2.51. The Morgan fingerprint density at radius 1 is 1.27 bits per heavy atom. The maximum Gasteiger partial charge on any atom is 0.243 e. The van der Waals surface area contributed by atoms with Crippen LogP contribution in [0.2, 0.25) is 0 Å². The molecule has 0 radical (unpaired) electrons. The van der Waals surface area contributed by atoms with Gasteiger partial charge in [0.2, 0.25) is 5.91 Å². The van der Waals surface area contributed by atoms with Crippen LogP contribution in [0.25, 0.3) is 0 Å². The Morgan fingerprint density at radius 3 is 2.77 bits per heavy atom. The topological polar surface area (TPSA) is 51.5 Å². The van der Waals surface area contributed by atoms with Gasteiger partial charge in [0.05, 0.1) is 6.61 Å². The van der Waals surface area contributed by atoms with Crippen LogP contribution in [0.15, 0.2) is 46.9 Å². The van der Waals surface area contributed by atoms with Crippen LogP contribution in [-0.2, 0) is 22.7 Å². The number of carbonyl (C=O) groups excluding carboxylic acids is 1. The van der Waals surface area contributed by atoms with Crippen LogP contribution < -0.4 is 5.48 Å². The van der Waals surface area contributed by atoms with Crippen molar-refractivity contribution in [3.63, 3.8) is 0 Å². The van der Waals surface area contributed by atoms with Gasteiger partial charge in [-0.3, -0.25) is 9.63 Å². The van der Waals surface area contributed by atoms with Crippen molar-refractivity contribution in [1.29, 1.82) is 0 Å². The minimum Gasteiger partial charge on any atom is -0.466 e. The molecule has 0 saturated heterocycles. The van der Waals surface area contributed by atoms with Crippen molar-refractivity contribution in [2.45, 2.75) is 38.7 Å². The van der Waals surface area contributed by atoms with Crippen molar-refractivity contribution in [2.24, 2.45) is 5.92 Å². The number of furan rings is 1. The Morgan fingerprint density at radius 2 is 2.05 bits per heavy atom. The quantitative estimate of drug-likeness (QED) is 0.795. The predicted molar refractivity (Wildman–Crippen MR) is 82.9 cm³/mol. The standard InChI is InChI=1S/C18H21NO3/c1-13-11-16(13)17-9-7-15(22-17)8-10-18(20)19-21-12-14-5-3-2-4-6-14/h2-7,9,13,16H,8,10-12H2,1H3,(H,19,20)/t13-,16-/m1/s1. The highest BCUT2D eigenvalue weighted by atomic mass is 16.6. The van der Waals surface area contributed by atoms with Gasteiger partial charge < -0.3 is 4.42 Å². The van der Waals surface area contributed by atoms with Crippen LogP contribution in [0.5, 0.6) is 0 Å². The van der Waals surface area contributed by atoms with Crippen molar-refractivity contribution in [2.75, 3.05) is 0 Å². The van der Waals surface area contributed by atoms with E-state index in [1.165, 1.54) is 6.42 Å². The van der Waals surface area contributed by atoms with E-state index < -0.39 is 0 Å². The van der Waals surface area contributed by atoms with Crippen molar-refractivity contribution in [1.82, 2.24) is 5.48 Å². The summed E-state index contributed by atoms with van der Waals surface area (Å²) in [5, 5.41) is 0. The molecule has 1 N–H and O–H groups in total. The molecule has 1 aromatic heterocycles. The summed E-state index contributed by atoms with van der Waals surface area (Å²) in [7, 11) is 0. The third-order valence-corrected chi connectivity index (χ3v) is 4.02. The fraction of sp³-hybridized carbons (Fsp3) is 0.389. The normalized spacial score (nSPS) is 19.9. The first-order chi connectivity index (χ1) is 10.7. The number of hydrogen-bond acceptors (Lipinski definition) is 3. The maximum atomic E-state index is 11.7. The number of rotatable bonds is 7. The molecule has 1 fully saturated rings. The molecule has 1 saturated carbocycles. The molecule has 4 nitrogen and oxygen atoms in total. The van der Waals surface area contributed by atoms with Crippen molar-refractivity contribution in [3.05, 3.63) is 59.5 Å². The second-order valence-corrected chi connectivity index (χ2v) is 5.92. The molecule has 1 heterocycles. The summed E-state index contributed by atoms with van der Waals surface area (Å²) in [4.78, 5) is 16.9. The molecule has 2 aromatic rings. The van der Waals surface area contributed by atoms with Gasteiger partial charge in [0, 0.05) is 18.8 Å². The number of benzene rings is 1. The van der Waals surface area contributed by atoms with Crippen LogP contribution >= 0.6 is 0 Å². The van der Waals surface area contributed by atoms with E-state index in [1.807, 2.05) is 42.5 Å². The average Bonchev–Trinajstić information content (AvgIpc) is 3.08. The second kappa shape index (κ2) is 6.79. The van der Waals surface area contributed by atoms with E-state index in [1.54, 1.807) is 0 Å². The van der Waals surface area contributed by atoms with Gasteiger partial charge in [-0.1, -0.05) is 37.3 Å². The van der Waals surface area contributed by atoms with Gasteiger partial charge in [0.25, 0.3) is 0 Å². The van der Waals surface area contributed by atoms with Crippen LogP contribution in [-0.4, -0.2) is 5.91 Å². The Balaban J connectivity index is 1.36. The van der Waals surface area contributed by atoms with Crippen molar-refractivity contribution in [3.8, 4) is 0 Å². The molecule has 1 amide bonds. The van der Waals surface area contributed by atoms with Gasteiger partial charge >= 0.3 is 0 Å². The molecule has 116 valence electrons. The van der Waals surface area contributed by atoms with Gasteiger partial charge in [-0.2, -0.15) is 0 Å². The first-order valence-corrected chi connectivity index (χ1v) is 7.75. The number of amides is 1. The number of hydrogen-bond donors (Lipinski definition) is 1. The van der Waals surface area contributed by atoms with E-state index in [0.29, 0.717) is 25.4 Å². The molecule has 0 unspecified atom stereocenters. The SMILES string of the molecule is C[C@@H]1C[C@H]1c1ccc(CCC(=O)NOCc2ccccc2)o1. The van der Waals surface area contributed by atoms with E-state index in [0.717, 1.165) is 23.0 Å². The molecular weight excluding hydrogens is 278 g/mol. The number of carbonyl (C=O) groups is 1. The van der Waals surface area contributed by atoms with Crippen LogP contribution in [0.3, 0.4) is 0 Å². The summed E-state index contributed by atoms with van der Waals surface area (Å²) in [6.07, 6.45) is 2.17. The van der Waals surface area contributed by atoms with Crippen molar-refractivity contribution < 1.29 is 14.0 Å². The van der Waals surface area contributed by atoms with Crippen LogP contribution in [0.4, 0.5) is 0 Å². The molecule has 0 bridgehead atoms. The Bertz CT molecular complexity index is 620. The zero-order valence-electron chi connectivity index (χ0n) is 12.7. The lowest BCUT2D eigenvalue weighted by molar-refractivity contribution is -0.134. The summed E-state index contributed by atoms with van der Waals surface area (Å²) in [5.74, 6) is 3.11. The van der Waals surface area contributed by atoms with Crippen LogP contribution in [0, 0.1) is 5.92 Å². The van der Waals surface area contributed by atoms with Gasteiger partial charge in [-0.05, 0) is 30.0 Å². The molecule has 0 spiro atoms. The Labute approximate surface area is 130 Å². The highest BCUT2D eigenvalue weighted by Crippen LogP contribution is 2.47. The monoisotopic (exact) mass is 299 g/mol. The zero-order valence-corrected chi connectivity index (χ0v) is 12.7. The summed E-state index contributed by atoms with van der Waals surface area (Å²) in [6.45, 7) is 2.60. The average molecular weight is 299 g/mol. The van der Waals surface area contributed by atoms with Crippen molar-refractivity contribution >= 4 is 5.91 Å². The third kappa shape index (κ3) is 3.98. The van der Waals surface area contributed by atoms with Gasteiger partial charge in [0.15, 0.2) is 0 Å². The predicted octanol–water partition coefficient (Wildman–Crippen LogP) is 3.58. The summed E-state index contributed by atoms with van der Waals surface area (Å²) in [5.41, 5.74) is 3.49.